The van der Waals surface area contributed by atoms with Crippen molar-refractivity contribution >= 4 is 50.6 Å². The number of allylic oxidation sites excluding steroid dienone is 1. The Bertz CT molecular complexity index is 1310. The molecule has 0 aliphatic carbocycles. The molecular weight excluding hydrogens is 503 g/mol. The van der Waals surface area contributed by atoms with E-state index in [-0.39, 0.29) is 16.9 Å². The number of ketones is 1. The van der Waals surface area contributed by atoms with Crippen molar-refractivity contribution in [1.82, 2.24) is 9.47 Å². The molecular formula is C30H38Cl2N4O. The van der Waals surface area contributed by atoms with Crippen LogP contribution < -0.4 is 5.73 Å². The average Bonchev–Trinajstić information content (AvgIpc) is 3.23. The molecule has 198 valence electrons. The van der Waals surface area contributed by atoms with Crippen LogP contribution in [0.25, 0.3) is 16.5 Å². The van der Waals surface area contributed by atoms with E-state index < -0.39 is 0 Å². The fourth-order valence-corrected chi connectivity index (χ4v) is 5.17. The molecule has 0 fully saturated rings. The number of hydrogen-bond donors (Lipinski definition) is 2. The van der Waals surface area contributed by atoms with Gasteiger partial charge in [0.15, 0.2) is 5.78 Å². The second kappa shape index (κ2) is 12.8. The quantitative estimate of drug-likeness (QED) is 0.186. The summed E-state index contributed by atoms with van der Waals surface area (Å²) in [5.41, 5.74) is 11.0. The number of nitrogens with two attached hydrogens (primary N) is 1. The summed E-state index contributed by atoms with van der Waals surface area (Å²) in [6, 6.07) is 11.9. The van der Waals surface area contributed by atoms with Crippen LogP contribution in [0.3, 0.4) is 0 Å². The first-order valence-corrected chi connectivity index (χ1v) is 13.6. The van der Waals surface area contributed by atoms with Gasteiger partial charge in [-0.2, -0.15) is 0 Å². The number of Topliss-reactive ketones (excluding diaryl/α,β-unsaturated/α-hetero) is 1. The number of carbonyl (C=O) groups excluding carboxylic acids is 1. The van der Waals surface area contributed by atoms with E-state index in [0.717, 1.165) is 53.5 Å². The number of nitrogens with zero attached hydrogens (tertiary/aromatic N) is 2. The minimum absolute atomic E-state index is 0.116. The highest BCUT2D eigenvalue weighted by atomic mass is 35.5. The second-order valence-electron chi connectivity index (χ2n) is 9.99. The van der Waals surface area contributed by atoms with Gasteiger partial charge in [0.1, 0.15) is 5.17 Å². The number of hydrogen-bond acceptors (Lipinski definition) is 4. The zero-order valence-electron chi connectivity index (χ0n) is 22.4. The summed E-state index contributed by atoms with van der Waals surface area (Å²) >= 11 is 12.4. The zero-order valence-corrected chi connectivity index (χ0v) is 24.0. The lowest BCUT2D eigenvalue weighted by molar-refractivity contribution is 0.0917. The third kappa shape index (κ3) is 6.64. The summed E-state index contributed by atoms with van der Waals surface area (Å²) < 4.78 is 2.12. The monoisotopic (exact) mass is 540 g/mol. The van der Waals surface area contributed by atoms with Gasteiger partial charge in [-0.25, -0.2) is 0 Å². The normalized spacial score (nSPS) is 13.8. The number of carbonyl (C=O) groups is 1. The highest BCUT2D eigenvalue weighted by molar-refractivity contribution is 6.75. The first kappa shape index (κ1) is 29.0. The van der Waals surface area contributed by atoms with Gasteiger partial charge in [-0.1, -0.05) is 62.2 Å². The maximum atomic E-state index is 14.0. The minimum Gasteiger partial charge on any atom is -0.404 e. The number of rotatable bonds is 12. The van der Waals surface area contributed by atoms with Crippen LogP contribution in [0.2, 0.25) is 5.02 Å². The number of likely N-dealkylation sites (N-methyl/N-ethyl adjacent to an activating group) is 1. The lowest BCUT2D eigenvalue weighted by Crippen LogP contribution is -2.19. The molecule has 1 heterocycles. The lowest BCUT2D eigenvalue weighted by Gasteiger charge is -2.19. The molecule has 5 nitrogen and oxygen atoms in total. The van der Waals surface area contributed by atoms with Gasteiger partial charge in [0, 0.05) is 58.5 Å². The summed E-state index contributed by atoms with van der Waals surface area (Å²) in [6.45, 7) is 8.02. The molecule has 0 aliphatic heterocycles. The van der Waals surface area contributed by atoms with E-state index in [0.29, 0.717) is 22.9 Å². The minimum atomic E-state index is -0.163. The van der Waals surface area contributed by atoms with Crippen LogP contribution in [0.4, 0.5) is 0 Å². The topological polar surface area (TPSA) is 75.1 Å². The van der Waals surface area contributed by atoms with Gasteiger partial charge in [0.05, 0.1) is 0 Å². The van der Waals surface area contributed by atoms with Crippen molar-refractivity contribution in [2.75, 3.05) is 20.6 Å². The Hall–Kier alpha value is -2.60. The summed E-state index contributed by atoms with van der Waals surface area (Å²) in [5, 5.41) is 9.35. The number of halogens is 2. The molecule has 0 amide bonds. The second-order valence-corrected chi connectivity index (χ2v) is 10.8. The van der Waals surface area contributed by atoms with Crippen LogP contribution in [0, 0.1) is 11.3 Å². The predicted molar refractivity (Wildman–Crippen MR) is 158 cm³/mol. The third-order valence-electron chi connectivity index (χ3n) is 7.23. The molecule has 0 radical (unpaired) electrons. The predicted octanol–water partition coefficient (Wildman–Crippen LogP) is 7.34. The highest BCUT2D eigenvalue weighted by Gasteiger charge is 2.25. The van der Waals surface area contributed by atoms with Gasteiger partial charge in [-0.15, -0.1) is 0 Å². The van der Waals surface area contributed by atoms with Gasteiger partial charge in [0.25, 0.3) is 0 Å². The van der Waals surface area contributed by atoms with Gasteiger partial charge >= 0.3 is 0 Å². The van der Waals surface area contributed by atoms with Crippen LogP contribution in [0.1, 0.15) is 66.6 Å². The van der Waals surface area contributed by atoms with Crippen molar-refractivity contribution in [3.63, 3.8) is 0 Å². The maximum Gasteiger partial charge on any atom is 0.168 e. The van der Waals surface area contributed by atoms with Gasteiger partial charge in [-0.3, -0.25) is 10.2 Å². The largest absolute Gasteiger partial charge is 0.404 e. The molecule has 0 saturated heterocycles. The average molecular weight is 542 g/mol. The first-order valence-electron chi connectivity index (χ1n) is 12.9. The van der Waals surface area contributed by atoms with E-state index >= 15 is 0 Å². The molecule has 2 unspecified atom stereocenters. The molecule has 2 atom stereocenters. The summed E-state index contributed by atoms with van der Waals surface area (Å²) in [5.74, 6) is 0.375. The van der Waals surface area contributed by atoms with Gasteiger partial charge < -0.3 is 15.2 Å². The molecule has 0 saturated carbocycles. The molecule has 2 aromatic carbocycles. The smallest absolute Gasteiger partial charge is 0.168 e. The number of nitrogens with one attached hydrogen (secondary N) is 1. The Labute approximate surface area is 230 Å². The van der Waals surface area contributed by atoms with Crippen molar-refractivity contribution in [2.24, 2.45) is 11.7 Å². The molecule has 3 N–H and O–H groups in total. The van der Waals surface area contributed by atoms with E-state index in [4.69, 9.17) is 34.3 Å². The van der Waals surface area contributed by atoms with Crippen molar-refractivity contribution in [1.29, 1.82) is 5.41 Å². The van der Waals surface area contributed by atoms with Gasteiger partial charge in [-0.05, 0) is 74.2 Å². The number of aromatic nitrogens is 1. The highest BCUT2D eigenvalue weighted by Crippen LogP contribution is 2.32. The van der Waals surface area contributed by atoms with Crippen LogP contribution >= 0.6 is 23.2 Å². The lowest BCUT2D eigenvalue weighted by atomic mass is 9.84. The van der Waals surface area contributed by atoms with Crippen LogP contribution in [-0.2, 0) is 13.0 Å². The van der Waals surface area contributed by atoms with Crippen LogP contribution in [0.5, 0.6) is 0 Å². The van der Waals surface area contributed by atoms with E-state index in [1.54, 1.807) is 0 Å². The fraction of sp³-hybridized carbons (Fsp3) is 0.400. The Morgan fingerprint density at radius 3 is 2.49 bits per heavy atom. The molecule has 0 bridgehead atoms. The Morgan fingerprint density at radius 1 is 1.16 bits per heavy atom. The molecule has 7 heteroatoms. The van der Waals surface area contributed by atoms with E-state index in [1.807, 2.05) is 50.6 Å². The number of fused-ring (bicyclic) bond motifs is 1. The van der Waals surface area contributed by atoms with Crippen molar-refractivity contribution in [3.8, 4) is 0 Å². The van der Waals surface area contributed by atoms with E-state index in [1.165, 1.54) is 11.8 Å². The van der Waals surface area contributed by atoms with Crippen molar-refractivity contribution < 1.29 is 4.79 Å². The standard InChI is InChI=1S/C30H38Cl2N4O/c1-6-19(3)24-11-9-23(31)15-22(24)14-20(7-2)29(37)27-18-36(13-12-35(4)5)28-16-21(8-10-25(27)28)26(17-33)30(32)34/h8-11,15-20,34H,6-7,12-14,33H2,1-5H3/b26-17-,34-30?. The Morgan fingerprint density at radius 2 is 1.89 bits per heavy atom. The molecule has 1 aromatic heterocycles. The maximum absolute atomic E-state index is 14.0. The first-order chi connectivity index (χ1) is 17.6. The molecule has 37 heavy (non-hydrogen) atoms. The Balaban J connectivity index is 2.07. The summed E-state index contributed by atoms with van der Waals surface area (Å²) in [4.78, 5) is 16.1. The molecule has 0 spiro atoms. The number of benzene rings is 2. The SMILES string of the molecule is CCC(Cc1cc(Cl)ccc1C(C)CC)C(=O)c1cn(CCN(C)C)c2cc(/C(=C/N)C(=N)Cl)ccc12. The third-order valence-corrected chi connectivity index (χ3v) is 7.67. The fourth-order valence-electron chi connectivity index (χ4n) is 4.80. The van der Waals surface area contributed by atoms with E-state index in [9.17, 15) is 4.79 Å². The molecule has 0 aliphatic rings. The van der Waals surface area contributed by atoms with Crippen molar-refractivity contribution in [3.05, 3.63) is 76.1 Å². The van der Waals surface area contributed by atoms with Crippen LogP contribution in [0.15, 0.2) is 48.8 Å². The summed E-state index contributed by atoms with van der Waals surface area (Å²) in [7, 11) is 4.06. The van der Waals surface area contributed by atoms with Crippen molar-refractivity contribution in [2.45, 2.75) is 52.5 Å². The van der Waals surface area contributed by atoms with E-state index in [2.05, 4.69) is 36.3 Å². The summed E-state index contributed by atoms with van der Waals surface area (Å²) in [6.07, 6.45) is 5.75. The molecule has 3 rings (SSSR count). The van der Waals surface area contributed by atoms with Gasteiger partial charge in [0.2, 0.25) is 0 Å². The van der Waals surface area contributed by atoms with Crippen LogP contribution in [-0.4, -0.2) is 41.1 Å². The molecule has 3 aromatic rings. The Kier molecular flexibility index (Phi) is 10.00. The zero-order chi connectivity index (χ0) is 27.3.